The lowest BCUT2D eigenvalue weighted by atomic mass is 9.95. The number of alkyl carbamates (subject to hydrolysis) is 1. The van der Waals surface area contributed by atoms with E-state index in [0.29, 0.717) is 42.7 Å². The molecule has 0 aliphatic carbocycles. The molecule has 47 heavy (non-hydrogen) atoms. The molecule has 0 unspecified atom stereocenters. The Hall–Kier alpha value is -4.43. The Balaban J connectivity index is 1.62. The molecule has 2 aromatic carbocycles. The van der Waals surface area contributed by atoms with E-state index >= 15 is 0 Å². The van der Waals surface area contributed by atoms with Crippen LogP contribution in [0.2, 0.25) is 0 Å². The third-order valence-corrected chi connectivity index (χ3v) is 7.81. The molecule has 1 saturated heterocycles. The smallest absolute Gasteiger partial charge is 0.416 e. The SMILES string of the molecule is CCOC(=O)CCN1CCC[C@@H](Nc2nnc(-c3c(O)cc(C(F)(F)F)cc3COC)c(C)c2CNC(=O)OCc2ccccc2)C1. The van der Waals surface area contributed by atoms with Crippen LogP contribution in [0, 0.1) is 6.92 Å². The van der Waals surface area contributed by atoms with E-state index in [1.807, 2.05) is 30.3 Å². The molecule has 1 amide bonds. The van der Waals surface area contributed by atoms with Gasteiger partial charge in [0.05, 0.1) is 31.7 Å². The van der Waals surface area contributed by atoms with Crippen LogP contribution in [-0.4, -0.2) is 71.7 Å². The average molecular weight is 660 g/mol. The standard InChI is InChI=1S/C33H40F3N5O6/c1-4-46-28(43)12-14-41-13-8-11-25(18-41)38-31-26(17-37-32(44)47-19-22-9-6-5-7-10-22)21(2)30(39-40-31)29-23(20-45-3)15-24(16-27(29)42)33(34,35)36/h5-7,9-10,15-16,25,42H,4,8,11-14,17-20H2,1-3H3,(H,37,44)(H,38,40)/t25-/m1/s1. The van der Waals surface area contributed by atoms with Gasteiger partial charge in [0, 0.05) is 37.4 Å². The van der Waals surface area contributed by atoms with Crippen molar-refractivity contribution in [2.45, 2.75) is 65.1 Å². The van der Waals surface area contributed by atoms with Gasteiger partial charge in [-0.2, -0.15) is 13.2 Å². The van der Waals surface area contributed by atoms with Gasteiger partial charge in [-0.25, -0.2) is 4.79 Å². The van der Waals surface area contributed by atoms with E-state index in [4.69, 9.17) is 14.2 Å². The summed E-state index contributed by atoms with van der Waals surface area (Å²) in [6, 6.07) is 10.7. The summed E-state index contributed by atoms with van der Waals surface area (Å²) in [6.07, 6.45) is -3.43. The van der Waals surface area contributed by atoms with Crippen LogP contribution in [0.1, 0.15) is 54.0 Å². The number of nitrogens with zero attached hydrogens (tertiary/aromatic N) is 3. The fraction of sp³-hybridized carbons (Fsp3) is 0.455. The van der Waals surface area contributed by atoms with Gasteiger partial charge in [-0.1, -0.05) is 30.3 Å². The molecule has 4 rings (SSSR count). The molecular formula is C33H40F3N5O6. The van der Waals surface area contributed by atoms with Gasteiger partial charge in [-0.05, 0) is 62.1 Å². The van der Waals surface area contributed by atoms with Crippen LogP contribution in [0.25, 0.3) is 11.3 Å². The summed E-state index contributed by atoms with van der Waals surface area (Å²) in [6.45, 7) is 5.54. The molecule has 14 heteroatoms. The molecule has 1 aromatic heterocycles. The molecule has 0 bridgehead atoms. The second kappa shape index (κ2) is 16.4. The number of phenols is 1. The van der Waals surface area contributed by atoms with E-state index in [1.165, 1.54) is 7.11 Å². The van der Waals surface area contributed by atoms with Crippen molar-refractivity contribution in [2.75, 3.05) is 38.7 Å². The molecular weight excluding hydrogens is 619 g/mol. The molecule has 1 atom stereocenters. The molecule has 3 N–H and O–H groups in total. The summed E-state index contributed by atoms with van der Waals surface area (Å²) in [7, 11) is 1.34. The quantitative estimate of drug-likeness (QED) is 0.200. The second-order valence-corrected chi connectivity index (χ2v) is 11.2. The van der Waals surface area contributed by atoms with Gasteiger partial charge >= 0.3 is 18.2 Å². The number of anilines is 1. The number of methoxy groups -OCH3 is 1. The largest absolute Gasteiger partial charge is 0.507 e. The van der Waals surface area contributed by atoms with Gasteiger partial charge in [-0.3, -0.25) is 4.79 Å². The summed E-state index contributed by atoms with van der Waals surface area (Å²) < 4.78 is 56.3. The number of carbonyl (C=O) groups excluding carboxylic acids is 2. The fourth-order valence-electron chi connectivity index (χ4n) is 5.50. The third-order valence-electron chi connectivity index (χ3n) is 7.81. The van der Waals surface area contributed by atoms with Crippen LogP contribution >= 0.6 is 0 Å². The van der Waals surface area contributed by atoms with E-state index < -0.39 is 23.6 Å². The normalized spacial score (nSPS) is 15.2. The van der Waals surface area contributed by atoms with Gasteiger partial charge in [0.15, 0.2) is 5.82 Å². The van der Waals surface area contributed by atoms with E-state index in [9.17, 15) is 27.9 Å². The number of hydrogen-bond acceptors (Lipinski definition) is 10. The summed E-state index contributed by atoms with van der Waals surface area (Å²) in [5.41, 5.74) is 1.04. The Morgan fingerprint density at radius 3 is 2.57 bits per heavy atom. The Bertz CT molecular complexity index is 1520. The first kappa shape index (κ1) is 35.4. The van der Waals surface area contributed by atoms with Crippen molar-refractivity contribution < 1.29 is 42.1 Å². The molecule has 2 heterocycles. The van der Waals surface area contributed by atoms with Gasteiger partial charge in [-0.15, -0.1) is 10.2 Å². The lowest BCUT2D eigenvalue weighted by molar-refractivity contribution is -0.143. The maximum atomic E-state index is 13.6. The first-order valence-corrected chi connectivity index (χ1v) is 15.4. The number of alkyl halides is 3. The number of nitrogens with one attached hydrogen (secondary N) is 2. The highest BCUT2D eigenvalue weighted by atomic mass is 19.4. The van der Waals surface area contributed by atoms with Crippen LogP contribution in [0.4, 0.5) is 23.8 Å². The Labute approximate surface area is 271 Å². The van der Waals surface area contributed by atoms with Crippen LogP contribution in [0.5, 0.6) is 5.75 Å². The number of halogens is 3. The third kappa shape index (κ3) is 9.78. The maximum absolute atomic E-state index is 13.6. The zero-order valence-corrected chi connectivity index (χ0v) is 26.7. The number of likely N-dealkylation sites (tertiary alicyclic amines) is 1. The summed E-state index contributed by atoms with van der Waals surface area (Å²) in [5.74, 6) is -0.520. The number of aromatic hydroxyl groups is 1. The number of carbonyl (C=O) groups is 2. The molecule has 11 nitrogen and oxygen atoms in total. The van der Waals surface area contributed by atoms with Crippen molar-refractivity contribution >= 4 is 17.9 Å². The zero-order chi connectivity index (χ0) is 34.0. The van der Waals surface area contributed by atoms with E-state index in [-0.39, 0.29) is 55.0 Å². The minimum atomic E-state index is -4.69. The molecule has 1 aliphatic rings. The van der Waals surface area contributed by atoms with Crippen molar-refractivity contribution in [3.63, 3.8) is 0 Å². The van der Waals surface area contributed by atoms with E-state index in [2.05, 4.69) is 25.7 Å². The molecule has 1 aliphatic heterocycles. The maximum Gasteiger partial charge on any atom is 0.416 e. The zero-order valence-electron chi connectivity index (χ0n) is 26.7. The Morgan fingerprint density at radius 1 is 1.11 bits per heavy atom. The Morgan fingerprint density at radius 2 is 1.87 bits per heavy atom. The number of ether oxygens (including phenoxy) is 3. The predicted octanol–water partition coefficient (Wildman–Crippen LogP) is 5.58. The average Bonchev–Trinajstić information content (AvgIpc) is 3.03. The van der Waals surface area contributed by atoms with Crippen LogP contribution in [0.15, 0.2) is 42.5 Å². The Kier molecular flexibility index (Phi) is 12.4. The van der Waals surface area contributed by atoms with Crippen molar-refractivity contribution in [3.05, 3.63) is 70.3 Å². The van der Waals surface area contributed by atoms with Crippen LogP contribution < -0.4 is 10.6 Å². The minimum Gasteiger partial charge on any atom is -0.507 e. The van der Waals surface area contributed by atoms with Gasteiger partial charge in [0.2, 0.25) is 0 Å². The molecule has 254 valence electrons. The fourth-order valence-corrected chi connectivity index (χ4v) is 5.50. The second-order valence-electron chi connectivity index (χ2n) is 11.2. The molecule has 3 aromatic rings. The number of benzene rings is 2. The molecule has 0 spiro atoms. The topological polar surface area (TPSA) is 135 Å². The van der Waals surface area contributed by atoms with Crippen LogP contribution in [0.3, 0.4) is 0 Å². The lowest BCUT2D eigenvalue weighted by Crippen LogP contribution is -2.43. The number of phenolic OH excluding ortho intramolecular Hbond substituents is 1. The first-order valence-electron chi connectivity index (χ1n) is 15.4. The molecule has 0 radical (unpaired) electrons. The first-order chi connectivity index (χ1) is 22.5. The van der Waals surface area contributed by atoms with Gasteiger partial charge in [0.25, 0.3) is 0 Å². The number of hydrogen-bond donors (Lipinski definition) is 3. The van der Waals surface area contributed by atoms with Crippen molar-refractivity contribution in [1.29, 1.82) is 0 Å². The predicted molar refractivity (Wildman–Crippen MR) is 167 cm³/mol. The number of amides is 1. The number of piperidine rings is 1. The monoisotopic (exact) mass is 659 g/mol. The van der Waals surface area contributed by atoms with Gasteiger partial charge in [0.1, 0.15) is 18.1 Å². The number of rotatable bonds is 13. The highest BCUT2D eigenvalue weighted by Crippen LogP contribution is 2.41. The van der Waals surface area contributed by atoms with E-state index in [1.54, 1.807) is 13.8 Å². The van der Waals surface area contributed by atoms with Crippen molar-refractivity contribution in [3.8, 4) is 17.0 Å². The molecule has 1 fully saturated rings. The van der Waals surface area contributed by atoms with Gasteiger partial charge < -0.3 is 34.9 Å². The highest BCUT2D eigenvalue weighted by molar-refractivity contribution is 5.76. The lowest BCUT2D eigenvalue weighted by Gasteiger charge is -2.33. The summed E-state index contributed by atoms with van der Waals surface area (Å²) >= 11 is 0. The van der Waals surface area contributed by atoms with Crippen molar-refractivity contribution in [2.24, 2.45) is 0 Å². The number of esters is 1. The van der Waals surface area contributed by atoms with Crippen LogP contribution in [-0.2, 0) is 44.9 Å². The number of aromatic nitrogens is 2. The van der Waals surface area contributed by atoms with Crippen molar-refractivity contribution in [1.82, 2.24) is 20.4 Å². The van der Waals surface area contributed by atoms with E-state index in [0.717, 1.165) is 31.0 Å². The highest BCUT2D eigenvalue weighted by Gasteiger charge is 2.33. The molecule has 0 saturated carbocycles. The summed E-state index contributed by atoms with van der Waals surface area (Å²) in [5, 5.41) is 25.7. The minimum absolute atomic E-state index is 0.0483. The summed E-state index contributed by atoms with van der Waals surface area (Å²) in [4.78, 5) is 26.7.